The molecular formula is C10H23NOSi. The van der Waals surface area contributed by atoms with Gasteiger partial charge in [0.15, 0.2) is 9.04 Å². The van der Waals surface area contributed by atoms with Crippen molar-refractivity contribution in [2.45, 2.75) is 57.2 Å². The van der Waals surface area contributed by atoms with Gasteiger partial charge in [-0.25, -0.2) is 0 Å². The highest BCUT2D eigenvalue weighted by molar-refractivity contribution is 6.53. The molecule has 0 aromatic rings. The molecule has 0 spiro atoms. The molecule has 1 fully saturated rings. The molecule has 0 aromatic carbocycles. The summed E-state index contributed by atoms with van der Waals surface area (Å²) in [5.41, 5.74) is 6.55. The van der Waals surface area contributed by atoms with Crippen LogP contribution in [-0.2, 0) is 4.43 Å². The summed E-state index contributed by atoms with van der Waals surface area (Å²) in [6, 6.07) is 1.31. The third-order valence-corrected chi connectivity index (χ3v) is 5.76. The van der Waals surface area contributed by atoms with Gasteiger partial charge >= 0.3 is 0 Å². The molecule has 1 saturated heterocycles. The molecular weight excluding hydrogens is 178 g/mol. The Kier molecular flexibility index (Phi) is 5.67. The van der Waals surface area contributed by atoms with Gasteiger partial charge in [0, 0.05) is 12.3 Å². The smallest absolute Gasteiger partial charge is 0.193 e. The van der Waals surface area contributed by atoms with Crippen molar-refractivity contribution >= 4 is 9.04 Å². The zero-order valence-electron chi connectivity index (χ0n) is 8.80. The molecule has 1 rings (SSSR count). The van der Waals surface area contributed by atoms with Crippen LogP contribution in [-0.4, -0.2) is 21.3 Å². The standard InChI is InChI=1S/C10H23NOSi/c1-2-3-4-7-10(11)13-9-6-5-8-12-13/h10,13H,2-9,11H2,1H3. The van der Waals surface area contributed by atoms with Gasteiger partial charge in [-0.3, -0.25) is 0 Å². The number of unbranched alkanes of at least 4 members (excludes halogenated alkanes) is 2. The van der Waals surface area contributed by atoms with Crippen molar-refractivity contribution in [1.29, 1.82) is 0 Å². The maximum absolute atomic E-state index is 6.13. The van der Waals surface area contributed by atoms with Crippen LogP contribution in [0.3, 0.4) is 0 Å². The predicted molar refractivity (Wildman–Crippen MR) is 59.3 cm³/mol. The Morgan fingerprint density at radius 2 is 2.23 bits per heavy atom. The molecule has 0 amide bonds. The summed E-state index contributed by atoms with van der Waals surface area (Å²) >= 11 is 0. The second-order valence-corrected chi connectivity index (χ2v) is 6.91. The highest BCUT2D eigenvalue weighted by atomic mass is 28.3. The Hall–Kier alpha value is 0.137. The van der Waals surface area contributed by atoms with Crippen LogP contribution in [0.1, 0.15) is 45.4 Å². The van der Waals surface area contributed by atoms with E-state index in [0.29, 0.717) is 5.67 Å². The Morgan fingerprint density at radius 1 is 1.38 bits per heavy atom. The lowest BCUT2D eigenvalue weighted by molar-refractivity contribution is 0.278. The van der Waals surface area contributed by atoms with Gasteiger partial charge in [0.1, 0.15) is 0 Å². The van der Waals surface area contributed by atoms with E-state index in [1.54, 1.807) is 0 Å². The lowest BCUT2D eigenvalue weighted by atomic mass is 10.2. The van der Waals surface area contributed by atoms with Gasteiger partial charge in [-0.1, -0.05) is 32.6 Å². The van der Waals surface area contributed by atoms with E-state index in [1.807, 2.05) is 0 Å². The van der Waals surface area contributed by atoms with Gasteiger partial charge in [-0.15, -0.1) is 0 Å². The molecule has 1 aliphatic heterocycles. The summed E-state index contributed by atoms with van der Waals surface area (Å²) < 4.78 is 5.78. The highest BCUT2D eigenvalue weighted by Gasteiger charge is 2.22. The summed E-state index contributed by atoms with van der Waals surface area (Å²) in [7, 11) is -0.985. The summed E-state index contributed by atoms with van der Waals surface area (Å²) in [5, 5.41) is 0. The normalized spacial score (nSPS) is 25.8. The minimum absolute atomic E-state index is 0.423. The highest BCUT2D eigenvalue weighted by Crippen LogP contribution is 2.15. The van der Waals surface area contributed by atoms with Crippen LogP contribution in [0.15, 0.2) is 0 Å². The fraction of sp³-hybridized carbons (Fsp3) is 1.00. The molecule has 2 atom stereocenters. The number of rotatable bonds is 5. The number of hydrogen-bond acceptors (Lipinski definition) is 2. The largest absolute Gasteiger partial charge is 0.418 e. The summed E-state index contributed by atoms with van der Waals surface area (Å²) in [5.74, 6) is 0. The first-order chi connectivity index (χ1) is 6.34. The van der Waals surface area contributed by atoms with Gasteiger partial charge < -0.3 is 10.2 Å². The Labute approximate surface area is 83.6 Å². The van der Waals surface area contributed by atoms with Crippen LogP contribution in [0.2, 0.25) is 6.04 Å². The van der Waals surface area contributed by atoms with E-state index < -0.39 is 9.04 Å². The zero-order chi connectivity index (χ0) is 9.52. The summed E-state index contributed by atoms with van der Waals surface area (Å²) in [6.45, 7) is 3.22. The average molecular weight is 201 g/mol. The first-order valence-corrected chi connectivity index (χ1v) is 7.67. The monoisotopic (exact) mass is 201 g/mol. The number of nitrogens with two attached hydrogens (primary N) is 1. The number of hydrogen-bond donors (Lipinski definition) is 1. The van der Waals surface area contributed by atoms with E-state index in [4.69, 9.17) is 10.2 Å². The van der Waals surface area contributed by atoms with Crippen LogP contribution in [0.25, 0.3) is 0 Å². The Morgan fingerprint density at radius 3 is 2.85 bits per heavy atom. The third-order valence-electron chi connectivity index (χ3n) is 2.83. The van der Waals surface area contributed by atoms with Gasteiger partial charge in [0.05, 0.1) is 0 Å². The second kappa shape index (κ2) is 6.57. The molecule has 1 aliphatic rings. The average Bonchev–Trinajstić information content (AvgIpc) is 2.19. The molecule has 0 aliphatic carbocycles. The maximum atomic E-state index is 6.13. The topological polar surface area (TPSA) is 35.2 Å². The van der Waals surface area contributed by atoms with Crippen molar-refractivity contribution in [2.75, 3.05) is 6.61 Å². The molecule has 2 nitrogen and oxygen atoms in total. The molecule has 0 radical (unpaired) electrons. The molecule has 0 aromatic heterocycles. The summed E-state index contributed by atoms with van der Waals surface area (Å²) in [6.07, 6.45) is 7.73. The molecule has 2 unspecified atom stereocenters. The quantitative estimate of drug-likeness (QED) is 0.545. The molecule has 78 valence electrons. The molecule has 13 heavy (non-hydrogen) atoms. The van der Waals surface area contributed by atoms with E-state index in [2.05, 4.69) is 6.92 Å². The van der Waals surface area contributed by atoms with E-state index in [-0.39, 0.29) is 0 Å². The van der Waals surface area contributed by atoms with Crippen molar-refractivity contribution in [1.82, 2.24) is 0 Å². The third kappa shape index (κ3) is 4.25. The van der Waals surface area contributed by atoms with Crippen LogP contribution < -0.4 is 5.73 Å². The second-order valence-electron chi connectivity index (χ2n) is 4.06. The van der Waals surface area contributed by atoms with E-state index in [1.165, 1.54) is 44.6 Å². The fourth-order valence-corrected chi connectivity index (χ4v) is 4.53. The van der Waals surface area contributed by atoms with Crippen molar-refractivity contribution in [3.05, 3.63) is 0 Å². The molecule has 0 bridgehead atoms. The fourth-order valence-electron chi connectivity index (χ4n) is 1.92. The van der Waals surface area contributed by atoms with Gasteiger partial charge in [0.25, 0.3) is 0 Å². The van der Waals surface area contributed by atoms with E-state index >= 15 is 0 Å². The molecule has 2 N–H and O–H groups in total. The minimum Gasteiger partial charge on any atom is -0.418 e. The first-order valence-electron chi connectivity index (χ1n) is 5.71. The molecule has 0 saturated carbocycles. The molecule has 3 heteroatoms. The lowest BCUT2D eigenvalue weighted by Crippen LogP contribution is -2.42. The van der Waals surface area contributed by atoms with Crippen LogP contribution in [0.5, 0.6) is 0 Å². The maximum Gasteiger partial charge on any atom is 0.193 e. The van der Waals surface area contributed by atoms with E-state index in [0.717, 1.165) is 6.61 Å². The zero-order valence-corrected chi connectivity index (χ0v) is 9.95. The van der Waals surface area contributed by atoms with Crippen LogP contribution in [0, 0.1) is 0 Å². The van der Waals surface area contributed by atoms with Crippen molar-refractivity contribution in [3.8, 4) is 0 Å². The van der Waals surface area contributed by atoms with Crippen molar-refractivity contribution in [3.63, 3.8) is 0 Å². The van der Waals surface area contributed by atoms with Crippen LogP contribution in [0.4, 0.5) is 0 Å². The van der Waals surface area contributed by atoms with Gasteiger partial charge in [-0.05, 0) is 18.9 Å². The SMILES string of the molecule is CCCCCC(N)[SiH]1CCCCO1. The van der Waals surface area contributed by atoms with Gasteiger partial charge in [-0.2, -0.15) is 0 Å². The van der Waals surface area contributed by atoms with Gasteiger partial charge in [0.2, 0.25) is 0 Å². The Bertz CT molecular complexity index is 126. The Balaban J connectivity index is 2.09. The predicted octanol–water partition coefficient (Wildman–Crippen LogP) is 1.97. The molecule has 1 heterocycles. The summed E-state index contributed by atoms with van der Waals surface area (Å²) in [4.78, 5) is 0. The van der Waals surface area contributed by atoms with Crippen molar-refractivity contribution in [2.24, 2.45) is 5.73 Å². The van der Waals surface area contributed by atoms with Crippen molar-refractivity contribution < 1.29 is 4.43 Å². The van der Waals surface area contributed by atoms with E-state index in [9.17, 15) is 0 Å². The van der Waals surface area contributed by atoms with Crippen LogP contribution >= 0.6 is 0 Å². The lowest BCUT2D eigenvalue weighted by Gasteiger charge is -2.26. The first kappa shape index (κ1) is 11.2. The minimum atomic E-state index is -0.985.